The lowest BCUT2D eigenvalue weighted by molar-refractivity contribution is 0.626. The molecule has 11 heavy (non-hydrogen) atoms. The van der Waals surface area contributed by atoms with Crippen LogP contribution >= 0.6 is 11.6 Å². The maximum Gasteiger partial charge on any atom is 0.123 e. The fraction of sp³-hybridized carbons (Fsp3) is 0.111. The molecule has 0 amide bonds. The summed E-state index contributed by atoms with van der Waals surface area (Å²) in [4.78, 5) is 0. The van der Waals surface area contributed by atoms with Gasteiger partial charge in [0.25, 0.3) is 0 Å². The van der Waals surface area contributed by atoms with E-state index < -0.39 is 5.38 Å². The second-order valence-electron chi connectivity index (χ2n) is 2.08. The molecule has 56 valence electrons. The van der Waals surface area contributed by atoms with E-state index in [1.165, 1.54) is 12.1 Å². The molecule has 0 aliphatic carbocycles. The molecule has 0 saturated heterocycles. The van der Waals surface area contributed by atoms with Gasteiger partial charge in [-0.05, 0) is 17.7 Å². The van der Waals surface area contributed by atoms with E-state index in [2.05, 4.69) is 5.92 Å². The molecule has 0 radical (unpaired) electrons. The molecule has 1 unspecified atom stereocenters. The third kappa shape index (κ3) is 1.96. The normalized spacial score (nSPS) is 12.1. The number of hydrogen-bond donors (Lipinski definition) is 0. The van der Waals surface area contributed by atoms with Crippen LogP contribution in [0, 0.1) is 18.2 Å². The standard InChI is InChI=1S/C9H6ClF/c1-2-9(10)7-4-3-5-8(11)6-7/h1,3-6,9H. The lowest BCUT2D eigenvalue weighted by Crippen LogP contribution is -1.86. The van der Waals surface area contributed by atoms with Gasteiger partial charge in [-0.25, -0.2) is 4.39 Å². The quantitative estimate of drug-likeness (QED) is 0.447. The number of benzene rings is 1. The van der Waals surface area contributed by atoms with Gasteiger partial charge in [-0.2, -0.15) is 0 Å². The third-order valence-corrected chi connectivity index (χ3v) is 1.67. The van der Waals surface area contributed by atoms with E-state index in [1.54, 1.807) is 12.1 Å². The van der Waals surface area contributed by atoms with Gasteiger partial charge in [0.05, 0.1) is 0 Å². The molecule has 0 spiro atoms. The molecule has 0 saturated carbocycles. The number of rotatable bonds is 1. The van der Waals surface area contributed by atoms with Crippen LogP contribution < -0.4 is 0 Å². The van der Waals surface area contributed by atoms with Crippen molar-refractivity contribution in [2.24, 2.45) is 0 Å². The Labute approximate surface area is 70.0 Å². The molecule has 0 heterocycles. The van der Waals surface area contributed by atoms with Crippen LogP contribution in [-0.2, 0) is 0 Å². The van der Waals surface area contributed by atoms with Crippen molar-refractivity contribution >= 4 is 11.6 Å². The van der Waals surface area contributed by atoms with Crippen molar-refractivity contribution in [1.29, 1.82) is 0 Å². The molecular formula is C9H6ClF. The summed E-state index contributed by atoms with van der Waals surface area (Å²) in [7, 11) is 0. The smallest absolute Gasteiger partial charge is 0.123 e. The minimum absolute atomic E-state index is 0.316. The maximum atomic E-state index is 12.5. The zero-order valence-electron chi connectivity index (χ0n) is 5.72. The van der Waals surface area contributed by atoms with Gasteiger partial charge in [-0.15, -0.1) is 18.0 Å². The number of terminal acetylenes is 1. The number of hydrogen-bond acceptors (Lipinski definition) is 0. The molecule has 0 bridgehead atoms. The Morgan fingerprint density at radius 3 is 2.82 bits per heavy atom. The highest BCUT2D eigenvalue weighted by atomic mass is 35.5. The second kappa shape index (κ2) is 3.41. The summed E-state index contributed by atoms with van der Waals surface area (Å²) in [6.07, 6.45) is 5.05. The topological polar surface area (TPSA) is 0 Å². The van der Waals surface area contributed by atoms with Gasteiger partial charge in [0.1, 0.15) is 11.2 Å². The van der Waals surface area contributed by atoms with Crippen molar-refractivity contribution in [3.8, 4) is 12.3 Å². The first-order valence-electron chi connectivity index (χ1n) is 3.09. The van der Waals surface area contributed by atoms with E-state index in [1.807, 2.05) is 0 Å². The summed E-state index contributed by atoms with van der Waals surface area (Å²) < 4.78 is 12.5. The molecule has 2 heteroatoms. The summed E-state index contributed by atoms with van der Waals surface area (Å²) in [6, 6.07) is 5.96. The summed E-state index contributed by atoms with van der Waals surface area (Å²) in [6.45, 7) is 0. The van der Waals surface area contributed by atoms with Crippen molar-refractivity contribution in [1.82, 2.24) is 0 Å². The molecule has 1 atom stereocenters. The molecule has 0 aliphatic rings. The summed E-state index contributed by atoms with van der Waals surface area (Å²) in [5.74, 6) is 1.99. The van der Waals surface area contributed by atoms with Gasteiger partial charge in [-0.3, -0.25) is 0 Å². The Morgan fingerprint density at radius 2 is 2.27 bits per heavy atom. The van der Waals surface area contributed by atoms with Crippen molar-refractivity contribution in [3.05, 3.63) is 35.6 Å². The summed E-state index contributed by atoms with van der Waals surface area (Å²) >= 11 is 5.66. The minimum Gasteiger partial charge on any atom is -0.207 e. The monoisotopic (exact) mass is 168 g/mol. The lowest BCUT2D eigenvalue weighted by atomic mass is 10.1. The molecule has 0 fully saturated rings. The molecule has 1 aromatic carbocycles. The molecule has 1 aromatic rings. The average molecular weight is 169 g/mol. The van der Waals surface area contributed by atoms with Crippen LogP contribution in [0.2, 0.25) is 0 Å². The van der Waals surface area contributed by atoms with Gasteiger partial charge in [0.2, 0.25) is 0 Å². The van der Waals surface area contributed by atoms with Crippen molar-refractivity contribution in [3.63, 3.8) is 0 Å². The highest BCUT2D eigenvalue weighted by molar-refractivity contribution is 6.22. The van der Waals surface area contributed by atoms with Gasteiger partial charge < -0.3 is 0 Å². The molecule has 0 nitrogen and oxygen atoms in total. The van der Waals surface area contributed by atoms with Crippen LogP contribution in [0.5, 0.6) is 0 Å². The lowest BCUT2D eigenvalue weighted by Gasteiger charge is -2.00. The third-order valence-electron chi connectivity index (χ3n) is 1.29. The zero-order chi connectivity index (χ0) is 8.27. The van der Waals surface area contributed by atoms with Crippen LogP contribution in [0.25, 0.3) is 0 Å². The second-order valence-corrected chi connectivity index (χ2v) is 2.52. The molecular weight excluding hydrogens is 163 g/mol. The average Bonchev–Trinajstić information content (AvgIpc) is 2.03. The minimum atomic E-state index is -0.536. The Kier molecular flexibility index (Phi) is 2.51. The van der Waals surface area contributed by atoms with E-state index in [4.69, 9.17) is 18.0 Å². The van der Waals surface area contributed by atoms with Crippen molar-refractivity contribution < 1.29 is 4.39 Å². The zero-order valence-corrected chi connectivity index (χ0v) is 6.48. The highest BCUT2D eigenvalue weighted by Crippen LogP contribution is 2.19. The van der Waals surface area contributed by atoms with Crippen molar-refractivity contribution in [2.45, 2.75) is 5.38 Å². The summed E-state index contributed by atoms with van der Waals surface area (Å²) in [5, 5.41) is -0.536. The van der Waals surface area contributed by atoms with E-state index in [0.29, 0.717) is 5.56 Å². The van der Waals surface area contributed by atoms with E-state index in [0.717, 1.165) is 0 Å². The van der Waals surface area contributed by atoms with Crippen LogP contribution in [-0.4, -0.2) is 0 Å². The Balaban J connectivity index is 2.98. The largest absolute Gasteiger partial charge is 0.207 e. The maximum absolute atomic E-state index is 12.5. The van der Waals surface area contributed by atoms with Gasteiger partial charge in [0.15, 0.2) is 0 Å². The van der Waals surface area contributed by atoms with Crippen LogP contribution in [0.4, 0.5) is 4.39 Å². The fourth-order valence-corrected chi connectivity index (χ4v) is 0.896. The van der Waals surface area contributed by atoms with Crippen LogP contribution in [0.1, 0.15) is 10.9 Å². The molecule has 0 aliphatic heterocycles. The van der Waals surface area contributed by atoms with E-state index >= 15 is 0 Å². The molecule has 0 aromatic heterocycles. The molecule has 0 N–H and O–H groups in total. The highest BCUT2D eigenvalue weighted by Gasteiger charge is 2.02. The Morgan fingerprint density at radius 1 is 1.55 bits per heavy atom. The molecule has 1 rings (SSSR count). The Hall–Kier alpha value is -1.00. The predicted octanol–water partition coefficient (Wildman–Crippen LogP) is 2.74. The van der Waals surface area contributed by atoms with Crippen LogP contribution in [0.3, 0.4) is 0 Å². The van der Waals surface area contributed by atoms with Crippen molar-refractivity contribution in [2.75, 3.05) is 0 Å². The first kappa shape index (κ1) is 8.10. The number of alkyl halides is 1. The fourth-order valence-electron chi connectivity index (χ4n) is 0.760. The number of halogens is 2. The van der Waals surface area contributed by atoms with E-state index in [-0.39, 0.29) is 5.82 Å². The van der Waals surface area contributed by atoms with Gasteiger partial charge >= 0.3 is 0 Å². The summed E-state index contributed by atoms with van der Waals surface area (Å²) in [5.41, 5.74) is 0.620. The first-order valence-corrected chi connectivity index (χ1v) is 3.53. The van der Waals surface area contributed by atoms with Gasteiger partial charge in [-0.1, -0.05) is 18.1 Å². The van der Waals surface area contributed by atoms with Crippen LogP contribution in [0.15, 0.2) is 24.3 Å². The first-order chi connectivity index (χ1) is 5.24. The SMILES string of the molecule is C#CC(Cl)c1cccc(F)c1. The van der Waals surface area contributed by atoms with E-state index in [9.17, 15) is 4.39 Å². The predicted molar refractivity (Wildman–Crippen MR) is 43.8 cm³/mol. The Bertz CT molecular complexity index is 288. The van der Waals surface area contributed by atoms with Gasteiger partial charge in [0, 0.05) is 0 Å².